The first kappa shape index (κ1) is 17.9. The zero-order valence-electron chi connectivity index (χ0n) is 16.3. The summed E-state index contributed by atoms with van der Waals surface area (Å²) in [4.78, 5) is 2.71. The highest BCUT2D eigenvalue weighted by Crippen LogP contribution is 2.41. The Hall–Kier alpha value is -2.20. The number of rotatable bonds is 5. The number of aromatic hydroxyl groups is 1. The van der Waals surface area contributed by atoms with Gasteiger partial charge in [-0.25, -0.2) is 0 Å². The number of fused-ring (bicyclic) bond motifs is 1. The number of benzene rings is 2. The summed E-state index contributed by atoms with van der Waals surface area (Å²) < 4.78 is 11.8. The molecule has 1 N–H and O–H groups in total. The number of para-hydroxylation sites is 2. The highest BCUT2D eigenvalue weighted by atomic mass is 16.7. The monoisotopic (exact) mass is 379 g/mol. The van der Waals surface area contributed by atoms with Gasteiger partial charge in [0.2, 0.25) is 6.29 Å². The number of likely N-dealkylation sites (tertiary alicyclic amines) is 1. The molecule has 3 unspecified atom stereocenters. The van der Waals surface area contributed by atoms with Crippen LogP contribution in [0.25, 0.3) is 0 Å². The largest absolute Gasteiger partial charge is 0.508 e. The molecule has 2 aromatic rings. The molecule has 28 heavy (non-hydrogen) atoms. The summed E-state index contributed by atoms with van der Waals surface area (Å²) in [6.45, 7) is 2.37. The fraction of sp³-hybridized carbons (Fsp3) is 0.500. The number of hydrogen-bond acceptors (Lipinski definition) is 4. The third-order valence-corrected chi connectivity index (χ3v) is 6.74. The quantitative estimate of drug-likeness (QED) is 0.800. The van der Waals surface area contributed by atoms with Crippen molar-refractivity contribution in [3.05, 3.63) is 54.1 Å². The smallest absolute Gasteiger partial charge is 0.241 e. The summed E-state index contributed by atoms with van der Waals surface area (Å²) in [6, 6.07) is 16.5. The average molecular weight is 380 g/mol. The molecule has 1 saturated heterocycles. The Bertz CT molecular complexity index is 798. The van der Waals surface area contributed by atoms with Gasteiger partial charge in [0.05, 0.1) is 0 Å². The van der Waals surface area contributed by atoms with Gasteiger partial charge in [0.15, 0.2) is 11.5 Å². The van der Waals surface area contributed by atoms with Gasteiger partial charge in [0.25, 0.3) is 0 Å². The zero-order valence-corrected chi connectivity index (χ0v) is 16.3. The van der Waals surface area contributed by atoms with Crippen LogP contribution >= 0.6 is 0 Å². The Balaban J connectivity index is 1.15. The van der Waals surface area contributed by atoms with E-state index in [9.17, 15) is 5.11 Å². The van der Waals surface area contributed by atoms with Crippen molar-refractivity contribution in [2.45, 2.75) is 56.8 Å². The summed E-state index contributed by atoms with van der Waals surface area (Å²) in [5, 5.41) is 9.87. The van der Waals surface area contributed by atoms with Crippen LogP contribution in [-0.2, 0) is 0 Å². The van der Waals surface area contributed by atoms with Crippen molar-refractivity contribution in [1.29, 1.82) is 0 Å². The minimum absolute atomic E-state index is 0.127. The third kappa shape index (κ3) is 3.58. The molecule has 3 atom stereocenters. The van der Waals surface area contributed by atoms with E-state index in [-0.39, 0.29) is 6.29 Å². The van der Waals surface area contributed by atoms with E-state index in [1.54, 1.807) is 6.07 Å². The summed E-state index contributed by atoms with van der Waals surface area (Å²) in [7, 11) is 0. The molecule has 2 aliphatic heterocycles. The van der Waals surface area contributed by atoms with Crippen LogP contribution in [-0.4, -0.2) is 35.4 Å². The number of phenols is 1. The second-order valence-electron chi connectivity index (χ2n) is 8.54. The van der Waals surface area contributed by atoms with E-state index in [1.165, 1.54) is 44.3 Å². The van der Waals surface area contributed by atoms with Crippen molar-refractivity contribution in [2.75, 3.05) is 13.1 Å². The standard InChI is InChI=1S/C24H29NO3/c26-19-6-3-5-18(15-19)20-7-4-8-21(20)25-14-13-17(16-25)11-12-24-27-22-9-1-2-10-23(22)28-24/h1-3,5-6,9-10,15,17,20-21,24,26H,4,7-8,11-14,16H2. The van der Waals surface area contributed by atoms with Crippen LogP contribution in [0.2, 0.25) is 0 Å². The molecular formula is C24H29NO3. The van der Waals surface area contributed by atoms with Crippen LogP contribution in [0.15, 0.2) is 48.5 Å². The molecular weight excluding hydrogens is 350 g/mol. The molecule has 1 saturated carbocycles. The van der Waals surface area contributed by atoms with Crippen LogP contribution in [0.4, 0.5) is 0 Å². The predicted molar refractivity (Wildman–Crippen MR) is 109 cm³/mol. The first-order valence-corrected chi connectivity index (χ1v) is 10.7. The first-order chi connectivity index (χ1) is 13.8. The van der Waals surface area contributed by atoms with Crippen LogP contribution in [0.3, 0.4) is 0 Å². The van der Waals surface area contributed by atoms with E-state index in [0.717, 1.165) is 30.3 Å². The Kier molecular flexibility index (Phi) is 4.89. The van der Waals surface area contributed by atoms with Gasteiger partial charge in [0, 0.05) is 19.0 Å². The van der Waals surface area contributed by atoms with Gasteiger partial charge in [-0.3, -0.25) is 4.90 Å². The highest BCUT2D eigenvalue weighted by molar-refractivity contribution is 5.41. The van der Waals surface area contributed by atoms with Gasteiger partial charge in [-0.05, 0) is 73.9 Å². The molecule has 2 fully saturated rings. The lowest BCUT2D eigenvalue weighted by Gasteiger charge is -2.30. The van der Waals surface area contributed by atoms with E-state index in [2.05, 4.69) is 11.0 Å². The van der Waals surface area contributed by atoms with Gasteiger partial charge < -0.3 is 14.6 Å². The van der Waals surface area contributed by atoms with Crippen molar-refractivity contribution >= 4 is 0 Å². The number of phenolic OH excluding ortho intramolecular Hbond substituents is 1. The van der Waals surface area contributed by atoms with Gasteiger partial charge >= 0.3 is 0 Å². The average Bonchev–Trinajstić information content (AvgIpc) is 3.44. The molecule has 0 amide bonds. The Morgan fingerprint density at radius 1 is 0.929 bits per heavy atom. The maximum Gasteiger partial charge on any atom is 0.241 e. The highest BCUT2D eigenvalue weighted by Gasteiger charge is 2.37. The third-order valence-electron chi connectivity index (χ3n) is 6.74. The second kappa shape index (κ2) is 7.67. The number of nitrogens with zero attached hydrogens (tertiary/aromatic N) is 1. The molecule has 2 aromatic carbocycles. The fourth-order valence-electron chi connectivity index (χ4n) is 5.36. The Morgan fingerprint density at radius 2 is 1.75 bits per heavy atom. The van der Waals surface area contributed by atoms with E-state index in [0.29, 0.717) is 17.7 Å². The Morgan fingerprint density at radius 3 is 2.54 bits per heavy atom. The van der Waals surface area contributed by atoms with Crippen molar-refractivity contribution in [3.63, 3.8) is 0 Å². The van der Waals surface area contributed by atoms with E-state index < -0.39 is 0 Å². The normalized spacial score (nSPS) is 27.5. The minimum atomic E-state index is -0.127. The molecule has 148 valence electrons. The molecule has 0 spiro atoms. The van der Waals surface area contributed by atoms with Crippen LogP contribution < -0.4 is 9.47 Å². The molecule has 4 nitrogen and oxygen atoms in total. The van der Waals surface area contributed by atoms with Crippen LogP contribution in [0.5, 0.6) is 17.2 Å². The number of hydrogen-bond donors (Lipinski definition) is 1. The molecule has 0 radical (unpaired) electrons. The maximum absolute atomic E-state index is 9.87. The van der Waals surface area contributed by atoms with E-state index >= 15 is 0 Å². The molecule has 4 heteroatoms. The van der Waals surface area contributed by atoms with E-state index in [1.807, 2.05) is 36.4 Å². The topological polar surface area (TPSA) is 41.9 Å². The molecule has 5 rings (SSSR count). The van der Waals surface area contributed by atoms with Crippen molar-refractivity contribution in [2.24, 2.45) is 5.92 Å². The lowest BCUT2D eigenvalue weighted by Crippen LogP contribution is -2.35. The van der Waals surface area contributed by atoms with Crippen molar-refractivity contribution < 1.29 is 14.6 Å². The maximum atomic E-state index is 9.87. The Labute approximate surface area is 167 Å². The first-order valence-electron chi connectivity index (χ1n) is 10.7. The minimum Gasteiger partial charge on any atom is -0.508 e. The zero-order chi connectivity index (χ0) is 18.9. The van der Waals surface area contributed by atoms with Gasteiger partial charge in [-0.2, -0.15) is 0 Å². The molecule has 1 aliphatic carbocycles. The van der Waals surface area contributed by atoms with Gasteiger partial charge in [0.1, 0.15) is 5.75 Å². The molecule has 0 bridgehead atoms. The van der Waals surface area contributed by atoms with Gasteiger partial charge in [-0.1, -0.05) is 30.7 Å². The molecule has 0 aromatic heterocycles. The summed E-state index contributed by atoms with van der Waals surface area (Å²) in [6.07, 6.45) is 7.04. The fourth-order valence-corrected chi connectivity index (χ4v) is 5.36. The summed E-state index contributed by atoms with van der Waals surface area (Å²) >= 11 is 0. The summed E-state index contributed by atoms with van der Waals surface area (Å²) in [5.74, 6) is 3.42. The van der Waals surface area contributed by atoms with Crippen LogP contribution in [0.1, 0.15) is 50.0 Å². The van der Waals surface area contributed by atoms with E-state index in [4.69, 9.17) is 9.47 Å². The lowest BCUT2D eigenvalue weighted by atomic mass is 9.93. The SMILES string of the molecule is Oc1cccc(C2CCCC2N2CCC(CCC3Oc4ccccc4O3)C2)c1. The van der Waals surface area contributed by atoms with Crippen LogP contribution in [0, 0.1) is 5.92 Å². The summed E-state index contributed by atoms with van der Waals surface area (Å²) in [5.41, 5.74) is 1.30. The van der Waals surface area contributed by atoms with Gasteiger partial charge in [-0.15, -0.1) is 0 Å². The second-order valence-corrected chi connectivity index (χ2v) is 8.54. The molecule has 2 heterocycles. The molecule has 3 aliphatic rings. The predicted octanol–water partition coefficient (Wildman–Crippen LogP) is 4.93. The number of ether oxygens (including phenoxy) is 2. The lowest BCUT2D eigenvalue weighted by molar-refractivity contribution is 0.0361. The van der Waals surface area contributed by atoms with Crippen molar-refractivity contribution in [3.8, 4) is 17.2 Å². The van der Waals surface area contributed by atoms with Crippen molar-refractivity contribution in [1.82, 2.24) is 4.90 Å².